The van der Waals surface area contributed by atoms with Crippen LogP contribution in [-0.2, 0) is 6.54 Å². The average molecular weight is 269 g/mol. The molecule has 0 spiro atoms. The van der Waals surface area contributed by atoms with Crippen LogP contribution in [-0.4, -0.2) is 10.5 Å². The number of hydrogen-bond donors (Lipinski definition) is 2. The van der Waals surface area contributed by atoms with Crippen molar-refractivity contribution in [3.63, 3.8) is 0 Å². The third-order valence-electron chi connectivity index (χ3n) is 3.62. The fraction of sp³-hybridized carbons (Fsp3) is 0.312. The lowest BCUT2D eigenvalue weighted by molar-refractivity contribution is 0.0941. The van der Waals surface area contributed by atoms with Gasteiger partial charge in [-0.05, 0) is 31.4 Å². The fourth-order valence-electron chi connectivity index (χ4n) is 2.32. The van der Waals surface area contributed by atoms with Gasteiger partial charge in [0, 0.05) is 18.8 Å². The molecule has 1 aromatic carbocycles. The molecule has 104 valence electrons. The number of aryl methyl sites for hydroxylation is 1. The predicted octanol–water partition coefficient (Wildman–Crippen LogP) is 2.64. The van der Waals surface area contributed by atoms with E-state index in [4.69, 9.17) is 5.73 Å². The molecule has 1 heterocycles. The van der Waals surface area contributed by atoms with Crippen molar-refractivity contribution in [1.29, 1.82) is 0 Å². The maximum absolute atomic E-state index is 12.3. The lowest BCUT2D eigenvalue weighted by Crippen LogP contribution is -2.25. The first kappa shape index (κ1) is 12.8. The number of nitrogens with one attached hydrogen (secondary N) is 1. The van der Waals surface area contributed by atoms with E-state index in [-0.39, 0.29) is 5.91 Å². The Morgan fingerprint density at radius 1 is 1.35 bits per heavy atom. The summed E-state index contributed by atoms with van der Waals surface area (Å²) in [6.45, 7) is 2.59. The predicted molar refractivity (Wildman–Crippen MR) is 79.5 cm³/mol. The fourth-order valence-corrected chi connectivity index (χ4v) is 2.32. The normalized spacial score (nSPS) is 14.2. The van der Waals surface area contributed by atoms with Gasteiger partial charge in [-0.2, -0.15) is 0 Å². The highest BCUT2D eigenvalue weighted by atomic mass is 16.1. The van der Waals surface area contributed by atoms with Crippen LogP contribution in [0.25, 0.3) is 0 Å². The van der Waals surface area contributed by atoms with E-state index in [9.17, 15) is 4.79 Å². The summed E-state index contributed by atoms with van der Waals surface area (Å²) in [5, 5.41) is 2.96. The zero-order chi connectivity index (χ0) is 14.1. The molecule has 2 aromatic rings. The van der Waals surface area contributed by atoms with E-state index in [2.05, 4.69) is 5.32 Å². The summed E-state index contributed by atoms with van der Waals surface area (Å²) >= 11 is 0. The van der Waals surface area contributed by atoms with Crippen LogP contribution < -0.4 is 11.1 Å². The largest absolute Gasteiger partial charge is 0.397 e. The van der Waals surface area contributed by atoms with Gasteiger partial charge >= 0.3 is 0 Å². The number of aromatic nitrogens is 1. The summed E-state index contributed by atoms with van der Waals surface area (Å²) in [6, 6.07) is 10.4. The van der Waals surface area contributed by atoms with Crippen LogP contribution >= 0.6 is 0 Å². The Hall–Kier alpha value is -2.23. The molecular formula is C16H19N3O. The van der Waals surface area contributed by atoms with Crippen LogP contribution in [0.4, 0.5) is 5.69 Å². The molecule has 1 aliphatic rings. The van der Waals surface area contributed by atoms with Crippen molar-refractivity contribution in [3.8, 4) is 0 Å². The summed E-state index contributed by atoms with van der Waals surface area (Å²) in [6.07, 6.45) is 4.12. The number of benzene rings is 1. The maximum Gasteiger partial charge on any atom is 0.268 e. The third kappa shape index (κ3) is 2.69. The number of anilines is 1. The number of nitrogens with two attached hydrogens (primary N) is 1. The first-order chi connectivity index (χ1) is 9.63. The standard InChI is InChI=1S/C16H19N3O/c1-11-2-4-12(5-3-11)9-18-16(20)15-8-13(17)10-19(15)14-6-7-14/h2-5,8,10,14H,6-7,9,17H2,1H3,(H,18,20). The highest BCUT2D eigenvalue weighted by Crippen LogP contribution is 2.37. The van der Waals surface area contributed by atoms with E-state index in [1.54, 1.807) is 6.07 Å². The number of hydrogen-bond acceptors (Lipinski definition) is 2. The smallest absolute Gasteiger partial charge is 0.268 e. The van der Waals surface area contributed by atoms with E-state index in [1.807, 2.05) is 42.0 Å². The van der Waals surface area contributed by atoms with Crippen molar-refractivity contribution in [2.75, 3.05) is 5.73 Å². The Morgan fingerprint density at radius 3 is 2.70 bits per heavy atom. The third-order valence-corrected chi connectivity index (χ3v) is 3.62. The van der Waals surface area contributed by atoms with Gasteiger partial charge in [-0.3, -0.25) is 4.79 Å². The van der Waals surface area contributed by atoms with Crippen LogP contribution in [0.3, 0.4) is 0 Å². The van der Waals surface area contributed by atoms with Gasteiger partial charge in [0.2, 0.25) is 0 Å². The minimum absolute atomic E-state index is 0.0609. The second kappa shape index (κ2) is 5.04. The molecule has 1 saturated carbocycles. The summed E-state index contributed by atoms with van der Waals surface area (Å²) < 4.78 is 2.00. The van der Waals surface area contributed by atoms with E-state index in [0.29, 0.717) is 24.0 Å². The highest BCUT2D eigenvalue weighted by Gasteiger charge is 2.27. The number of carbonyl (C=O) groups excluding carboxylic acids is 1. The van der Waals surface area contributed by atoms with Gasteiger partial charge in [0.25, 0.3) is 5.91 Å². The zero-order valence-corrected chi connectivity index (χ0v) is 11.6. The monoisotopic (exact) mass is 269 g/mol. The van der Waals surface area contributed by atoms with Crippen molar-refractivity contribution in [2.45, 2.75) is 32.4 Å². The van der Waals surface area contributed by atoms with Crippen LogP contribution in [0.15, 0.2) is 36.5 Å². The minimum atomic E-state index is -0.0609. The van der Waals surface area contributed by atoms with Gasteiger partial charge in [-0.15, -0.1) is 0 Å². The van der Waals surface area contributed by atoms with Gasteiger partial charge < -0.3 is 15.6 Å². The molecule has 0 aliphatic heterocycles. The second-order valence-electron chi connectivity index (χ2n) is 5.47. The van der Waals surface area contributed by atoms with Crippen molar-refractivity contribution in [1.82, 2.24) is 9.88 Å². The first-order valence-electron chi connectivity index (χ1n) is 6.94. The quantitative estimate of drug-likeness (QED) is 0.896. The molecule has 4 heteroatoms. The van der Waals surface area contributed by atoms with E-state index in [1.165, 1.54) is 5.56 Å². The number of amides is 1. The molecule has 4 nitrogen and oxygen atoms in total. The highest BCUT2D eigenvalue weighted by molar-refractivity contribution is 5.93. The number of rotatable bonds is 4. The Labute approximate surface area is 118 Å². The van der Waals surface area contributed by atoms with Crippen LogP contribution in [0.1, 0.15) is 40.5 Å². The zero-order valence-electron chi connectivity index (χ0n) is 11.6. The van der Waals surface area contributed by atoms with Crippen molar-refractivity contribution in [3.05, 3.63) is 53.3 Å². The summed E-state index contributed by atoms with van der Waals surface area (Å²) in [7, 11) is 0. The summed E-state index contributed by atoms with van der Waals surface area (Å²) in [5.41, 5.74) is 9.44. The van der Waals surface area contributed by atoms with Crippen LogP contribution in [0.2, 0.25) is 0 Å². The molecule has 3 rings (SSSR count). The topological polar surface area (TPSA) is 60.1 Å². The van der Waals surface area contributed by atoms with Gasteiger partial charge in [0.05, 0.1) is 5.69 Å². The van der Waals surface area contributed by atoms with Crippen molar-refractivity contribution in [2.24, 2.45) is 0 Å². The van der Waals surface area contributed by atoms with Crippen LogP contribution in [0.5, 0.6) is 0 Å². The van der Waals surface area contributed by atoms with Gasteiger partial charge in [0.1, 0.15) is 5.69 Å². The van der Waals surface area contributed by atoms with Gasteiger partial charge in [0.15, 0.2) is 0 Å². The number of nitrogen functional groups attached to an aromatic ring is 1. The van der Waals surface area contributed by atoms with Crippen molar-refractivity contribution < 1.29 is 4.79 Å². The Kier molecular flexibility index (Phi) is 3.22. The Morgan fingerprint density at radius 2 is 2.05 bits per heavy atom. The molecule has 0 saturated heterocycles. The molecule has 0 radical (unpaired) electrons. The molecule has 1 aromatic heterocycles. The van der Waals surface area contributed by atoms with Crippen molar-refractivity contribution >= 4 is 11.6 Å². The second-order valence-corrected chi connectivity index (χ2v) is 5.47. The molecule has 1 fully saturated rings. The summed E-state index contributed by atoms with van der Waals surface area (Å²) in [4.78, 5) is 12.3. The SMILES string of the molecule is Cc1ccc(CNC(=O)c2cc(N)cn2C2CC2)cc1. The molecule has 3 N–H and O–H groups in total. The minimum Gasteiger partial charge on any atom is -0.397 e. The summed E-state index contributed by atoms with van der Waals surface area (Å²) in [5.74, 6) is -0.0609. The lowest BCUT2D eigenvalue weighted by Gasteiger charge is -2.08. The average Bonchev–Trinajstić information content (AvgIpc) is 3.20. The van der Waals surface area contributed by atoms with E-state index >= 15 is 0 Å². The molecule has 1 amide bonds. The molecule has 1 aliphatic carbocycles. The molecule has 0 atom stereocenters. The van der Waals surface area contributed by atoms with E-state index < -0.39 is 0 Å². The first-order valence-corrected chi connectivity index (χ1v) is 6.94. The molecule has 0 bridgehead atoms. The van der Waals surface area contributed by atoms with Gasteiger partial charge in [-0.1, -0.05) is 29.8 Å². The maximum atomic E-state index is 12.3. The van der Waals surface area contributed by atoms with Crippen LogP contribution in [0, 0.1) is 6.92 Å². The molecule has 0 unspecified atom stereocenters. The Balaban J connectivity index is 1.68. The number of nitrogens with zero attached hydrogens (tertiary/aromatic N) is 1. The molecular weight excluding hydrogens is 250 g/mol. The van der Waals surface area contributed by atoms with Gasteiger partial charge in [-0.25, -0.2) is 0 Å². The number of carbonyl (C=O) groups is 1. The molecule has 20 heavy (non-hydrogen) atoms. The lowest BCUT2D eigenvalue weighted by atomic mass is 10.1. The Bertz CT molecular complexity index is 624. The van der Waals surface area contributed by atoms with E-state index in [0.717, 1.165) is 18.4 Å².